The van der Waals surface area contributed by atoms with Gasteiger partial charge in [0.05, 0.1) is 0 Å². The summed E-state index contributed by atoms with van der Waals surface area (Å²) >= 11 is 3.53. The Morgan fingerprint density at radius 3 is 3.10 bits per heavy atom. The molecule has 0 radical (unpaired) electrons. The molecule has 0 spiro atoms. The Balaban J connectivity index is 1.87. The fourth-order valence-corrected chi connectivity index (χ4v) is 3.91. The topological polar surface area (TPSA) is 31.4 Å². The van der Waals surface area contributed by atoms with E-state index < -0.39 is 0 Å². The van der Waals surface area contributed by atoms with Crippen LogP contribution in [0.25, 0.3) is 0 Å². The number of halogens is 1. The lowest BCUT2D eigenvalue weighted by molar-refractivity contribution is 0.202. The molecule has 20 heavy (non-hydrogen) atoms. The first-order valence-corrected chi connectivity index (χ1v) is 8.28. The maximum atomic E-state index is 4.71. The van der Waals surface area contributed by atoms with Gasteiger partial charge in [-0.15, -0.1) is 0 Å². The van der Waals surface area contributed by atoms with Crippen LogP contribution in [0.2, 0.25) is 0 Å². The molecule has 2 unspecified atom stereocenters. The van der Waals surface area contributed by atoms with Crippen molar-refractivity contribution in [1.82, 2.24) is 15.2 Å². The summed E-state index contributed by atoms with van der Waals surface area (Å²) in [7, 11) is 1.99. The summed E-state index contributed by atoms with van der Waals surface area (Å²) in [6, 6.07) is 3.44. The Hall–Kier alpha value is -0.650. The lowest BCUT2D eigenvalue weighted by Crippen LogP contribution is -2.55. The summed E-state index contributed by atoms with van der Waals surface area (Å²) in [5, 5.41) is 3.25. The van der Waals surface area contributed by atoms with E-state index in [1.807, 2.05) is 13.2 Å². The normalized spacial score (nSPS) is 26.9. The van der Waals surface area contributed by atoms with E-state index >= 15 is 0 Å². The van der Waals surface area contributed by atoms with Crippen LogP contribution in [0.1, 0.15) is 25.3 Å². The number of pyridine rings is 1. The molecule has 2 aliphatic heterocycles. The van der Waals surface area contributed by atoms with Gasteiger partial charge in [0, 0.05) is 48.0 Å². The molecule has 110 valence electrons. The molecule has 0 aromatic carbocycles. The Labute approximate surface area is 129 Å². The SMILES string of the molecule is CNCc1cc(Br)cnc1N1CC2CCCN2CC1C. The van der Waals surface area contributed by atoms with Gasteiger partial charge in [0.15, 0.2) is 0 Å². The zero-order valence-electron chi connectivity index (χ0n) is 12.3. The van der Waals surface area contributed by atoms with E-state index in [0.717, 1.165) is 29.4 Å². The summed E-state index contributed by atoms with van der Waals surface area (Å²) in [5.74, 6) is 1.15. The first kappa shape index (κ1) is 14.3. The first-order chi connectivity index (χ1) is 9.69. The summed E-state index contributed by atoms with van der Waals surface area (Å²) < 4.78 is 1.05. The quantitative estimate of drug-likeness (QED) is 0.915. The third-order valence-corrected chi connectivity index (χ3v) is 4.92. The molecule has 2 aliphatic rings. The van der Waals surface area contributed by atoms with Crippen LogP contribution < -0.4 is 10.2 Å². The molecule has 0 bridgehead atoms. The molecule has 2 saturated heterocycles. The summed E-state index contributed by atoms with van der Waals surface area (Å²) in [6.07, 6.45) is 4.60. The minimum Gasteiger partial charge on any atom is -0.351 e. The number of piperazine rings is 1. The Morgan fingerprint density at radius 1 is 1.45 bits per heavy atom. The molecule has 5 heteroatoms. The summed E-state index contributed by atoms with van der Waals surface area (Å²) in [4.78, 5) is 9.86. The van der Waals surface area contributed by atoms with Crippen molar-refractivity contribution in [3.05, 3.63) is 22.3 Å². The third-order valence-electron chi connectivity index (χ3n) is 4.49. The number of aromatic nitrogens is 1. The largest absolute Gasteiger partial charge is 0.351 e. The molecule has 1 aromatic heterocycles. The van der Waals surface area contributed by atoms with E-state index in [2.05, 4.69) is 44.0 Å². The van der Waals surface area contributed by atoms with Crippen molar-refractivity contribution >= 4 is 21.7 Å². The first-order valence-electron chi connectivity index (χ1n) is 7.48. The van der Waals surface area contributed by atoms with Gasteiger partial charge in [0.25, 0.3) is 0 Å². The minimum atomic E-state index is 0.536. The molecule has 0 aliphatic carbocycles. The van der Waals surface area contributed by atoms with Gasteiger partial charge in [-0.3, -0.25) is 4.90 Å². The second kappa shape index (κ2) is 6.00. The highest BCUT2D eigenvalue weighted by molar-refractivity contribution is 9.10. The van der Waals surface area contributed by atoms with Gasteiger partial charge >= 0.3 is 0 Å². The van der Waals surface area contributed by atoms with Crippen molar-refractivity contribution in [3.8, 4) is 0 Å². The van der Waals surface area contributed by atoms with Gasteiger partial charge in [-0.05, 0) is 55.4 Å². The van der Waals surface area contributed by atoms with Crippen LogP contribution in [-0.4, -0.2) is 48.6 Å². The molecule has 3 rings (SSSR count). The van der Waals surface area contributed by atoms with Crippen molar-refractivity contribution in [1.29, 1.82) is 0 Å². The average molecular weight is 339 g/mol. The zero-order valence-corrected chi connectivity index (χ0v) is 13.9. The molecule has 0 amide bonds. The number of nitrogens with one attached hydrogen (secondary N) is 1. The van der Waals surface area contributed by atoms with Gasteiger partial charge in [0.1, 0.15) is 5.82 Å². The van der Waals surface area contributed by atoms with Gasteiger partial charge in [0.2, 0.25) is 0 Å². The van der Waals surface area contributed by atoms with Gasteiger partial charge < -0.3 is 10.2 Å². The van der Waals surface area contributed by atoms with Crippen molar-refractivity contribution in [3.63, 3.8) is 0 Å². The van der Waals surface area contributed by atoms with Crippen molar-refractivity contribution in [2.45, 2.75) is 38.4 Å². The summed E-state index contributed by atoms with van der Waals surface area (Å²) in [6.45, 7) is 6.74. The average Bonchev–Trinajstić information content (AvgIpc) is 2.86. The molecule has 2 atom stereocenters. The fourth-order valence-electron chi connectivity index (χ4n) is 3.54. The predicted molar refractivity (Wildman–Crippen MR) is 86.1 cm³/mol. The molecule has 3 heterocycles. The van der Waals surface area contributed by atoms with E-state index in [1.165, 1.54) is 31.5 Å². The highest BCUT2D eigenvalue weighted by Gasteiger charge is 2.35. The molecule has 0 saturated carbocycles. The zero-order chi connectivity index (χ0) is 14.1. The maximum absolute atomic E-state index is 4.71. The van der Waals surface area contributed by atoms with Crippen LogP contribution in [0.15, 0.2) is 16.7 Å². The van der Waals surface area contributed by atoms with E-state index in [0.29, 0.717) is 6.04 Å². The fraction of sp³-hybridized carbons (Fsp3) is 0.667. The van der Waals surface area contributed by atoms with Crippen LogP contribution in [0, 0.1) is 0 Å². The van der Waals surface area contributed by atoms with Crippen LogP contribution in [0.5, 0.6) is 0 Å². The lowest BCUT2D eigenvalue weighted by atomic mass is 10.1. The molecule has 2 fully saturated rings. The van der Waals surface area contributed by atoms with Gasteiger partial charge in [-0.2, -0.15) is 0 Å². The predicted octanol–water partition coefficient (Wildman–Crippen LogP) is 2.24. The molecule has 1 aromatic rings. The Bertz CT molecular complexity index is 479. The second-order valence-electron chi connectivity index (χ2n) is 5.96. The molecular formula is C15H23BrN4. The van der Waals surface area contributed by atoms with Crippen LogP contribution >= 0.6 is 15.9 Å². The molecule has 1 N–H and O–H groups in total. The second-order valence-corrected chi connectivity index (χ2v) is 6.87. The van der Waals surface area contributed by atoms with Gasteiger partial charge in [-0.1, -0.05) is 0 Å². The number of anilines is 1. The van der Waals surface area contributed by atoms with E-state index in [4.69, 9.17) is 4.98 Å². The highest BCUT2D eigenvalue weighted by Crippen LogP contribution is 2.30. The monoisotopic (exact) mass is 338 g/mol. The van der Waals surface area contributed by atoms with Crippen molar-refractivity contribution in [2.24, 2.45) is 0 Å². The van der Waals surface area contributed by atoms with E-state index in [1.54, 1.807) is 0 Å². The standard InChI is InChI=1S/C15H23BrN4/c1-11-9-19-5-3-4-14(19)10-20(11)15-12(7-17-2)6-13(16)8-18-15/h6,8,11,14,17H,3-5,7,9-10H2,1-2H3. The van der Waals surface area contributed by atoms with Crippen LogP contribution in [0.3, 0.4) is 0 Å². The number of hydrogen-bond donors (Lipinski definition) is 1. The lowest BCUT2D eigenvalue weighted by Gasteiger charge is -2.43. The number of hydrogen-bond acceptors (Lipinski definition) is 4. The Morgan fingerprint density at radius 2 is 2.30 bits per heavy atom. The smallest absolute Gasteiger partial charge is 0.133 e. The number of fused-ring (bicyclic) bond motifs is 1. The summed E-state index contributed by atoms with van der Waals surface area (Å²) in [5.41, 5.74) is 1.28. The molecule has 4 nitrogen and oxygen atoms in total. The number of nitrogens with zero attached hydrogens (tertiary/aromatic N) is 3. The maximum Gasteiger partial charge on any atom is 0.133 e. The van der Waals surface area contributed by atoms with Crippen LogP contribution in [0.4, 0.5) is 5.82 Å². The van der Waals surface area contributed by atoms with Crippen LogP contribution in [-0.2, 0) is 6.54 Å². The van der Waals surface area contributed by atoms with Gasteiger partial charge in [-0.25, -0.2) is 4.98 Å². The van der Waals surface area contributed by atoms with E-state index in [-0.39, 0.29) is 0 Å². The minimum absolute atomic E-state index is 0.536. The Kier molecular flexibility index (Phi) is 4.29. The van der Waals surface area contributed by atoms with Crippen molar-refractivity contribution in [2.75, 3.05) is 31.6 Å². The van der Waals surface area contributed by atoms with E-state index in [9.17, 15) is 0 Å². The highest BCUT2D eigenvalue weighted by atomic mass is 79.9. The molecular weight excluding hydrogens is 316 g/mol. The van der Waals surface area contributed by atoms with Crippen molar-refractivity contribution < 1.29 is 0 Å². The third kappa shape index (κ3) is 2.71. The number of rotatable bonds is 3.